The van der Waals surface area contributed by atoms with Gasteiger partial charge in [-0.05, 0) is 37.6 Å². The van der Waals surface area contributed by atoms with Crippen LogP contribution in [0, 0.1) is 5.92 Å². The first kappa shape index (κ1) is 12.7. The quantitative estimate of drug-likeness (QED) is 0.869. The highest BCUT2D eigenvalue weighted by Gasteiger charge is 2.21. The summed E-state index contributed by atoms with van der Waals surface area (Å²) in [5, 5.41) is 7.10. The lowest BCUT2D eigenvalue weighted by atomic mass is 9.99. The van der Waals surface area contributed by atoms with Crippen molar-refractivity contribution >= 4 is 34.8 Å². The summed E-state index contributed by atoms with van der Waals surface area (Å²) >= 11 is 11.9. The van der Waals surface area contributed by atoms with Crippen LogP contribution in [0.15, 0.2) is 18.2 Å². The third-order valence-electron chi connectivity index (χ3n) is 2.85. The van der Waals surface area contributed by atoms with Gasteiger partial charge in [0.15, 0.2) is 0 Å². The molecule has 3 nitrogen and oxygen atoms in total. The smallest absolute Gasteiger partial charge is 0.228 e. The number of carbonyl (C=O) groups is 1. The van der Waals surface area contributed by atoms with Gasteiger partial charge in [0.2, 0.25) is 5.91 Å². The van der Waals surface area contributed by atoms with Crippen LogP contribution < -0.4 is 10.6 Å². The molecule has 0 aromatic heterocycles. The fraction of sp³-hybridized carbons (Fsp3) is 0.417. The zero-order chi connectivity index (χ0) is 12.3. The number of hydrogen-bond donors (Lipinski definition) is 2. The summed E-state index contributed by atoms with van der Waals surface area (Å²) in [4.78, 5) is 12.0. The Morgan fingerprint density at radius 1 is 1.41 bits per heavy atom. The summed E-state index contributed by atoms with van der Waals surface area (Å²) in [5.74, 6) is 0.0140. The third kappa shape index (κ3) is 3.35. The Hall–Kier alpha value is -0.770. The summed E-state index contributed by atoms with van der Waals surface area (Å²) in [6.45, 7) is 1.71. The fourth-order valence-electron chi connectivity index (χ4n) is 1.90. The lowest BCUT2D eigenvalue weighted by Crippen LogP contribution is -2.37. The molecule has 0 bridgehead atoms. The number of nitrogens with one attached hydrogen (secondary N) is 2. The number of piperidine rings is 1. The largest absolute Gasteiger partial charge is 0.324 e. The van der Waals surface area contributed by atoms with E-state index in [0.717, 1.165) is 25.9 Å². The van der Waals surface area contributed by atoms with Gasteiger partial charge in [0.05, 0.1) is 16.6 Å². The molecule has 2 rings (SSSR count). The van der Waals surface area contributed by atoms with Crippen LogP contribution in [0.1, 0.15) is 12.8 Å². The van der Waals surface area contributed by atoms with Crippen LogP contribution in [-0.2, 0) is 4.79 Å². The van der Waals surface area contributed by atoms with E-state index in [4.69, 9.17) is 23.2 Å². The minimum absolute atomic E-state index is 0.00127. The van der Waals surface area contributed by atoms with Crippen molar-refractivity contribution in [1.82, 2.24) is 5.32 Å². The van der Waals surface area contributed by atoms with Gasteiger partial charge in [0.25, 0.3) is 0 Å². The maximum absolute atomic E-state index is 12.0. The van der Waals surface area contributed by atoms with Crippen LogP contribution >= 0.6 is 23.2 Å². The molecule has 2 N–H and O–H groups in total. The van der Waals surface area contributed by atoms with E-state index in [1.54, 1.807) is 18.2 Å². The Morgan fingerprint density at radius 3 is 2.94 bits per heavy atom. The van der Waals surface area contributed by atoms with E-state index >= 15 is 0 Å². The highest BCUT2D eigenvalue weighted by molar-refractivity contribution is 6.35. The van der Waals surface area contributed by atoms with Gasteiger partial charge in [-0.25, -0.2) is 0 Å². The van der Waals surface area contributed by atoms with E-state index in [0.29, 0.717) is 15.7 Å². The Bertz CT molecular complexity index is 417. The highest BCUT2D eigenvalue weighted by Crippen LogP contribution is 2.26. The molecule has 1 atom stereocenters. The zero-order valence-electron chi connectivity index (χ0n) is 9.30. The van der Waals surface area contributed by atoms with Crippen LogP contribution in [-0.4, -0.2) is 19.0 Å². The monoisotopic (exact) mass is 272 g/mol. The molecule has 1 aromatic carbocycles. The first-order chi connectivity index (χ1) is 8.16. The van der Waals surface area contributed by atoms with Crippen molar-refractivity contribution in [1.29, 1.82) is 0 Å². The average Bonchev–Trinajstić information content (AvgIpc) is 2.35. The summed E-state index contributed by atoms with van der Waals surface area (Å²) in [6, 6.07) is 5.04. The molecule has 0 unspecified atom stereocenters. The minimum Gasteiger partial charge on any atom is -0.324 e. The van der Waals surface area contributed by atoms with Gasteiger partial charge in [-0.15, -0.1) is 0 Å². The van der Waals surface area contributed by atoms with Gasteiger partial charge < -0.3 is 10.6 Å². The van der Waals surface area contributed by atoms with Gasteiger partial charge in [-0.1, -0.05) is 23.2 Å². The number of halogens is 2. The molecule has 1 aromatic rings. The number of hydrogen-bond acceptors (Lipinski definition) is 2. The van der Waals surface area contributed by atoms with E-state index < -0.39 is 0 Å². The molecule has 0 saturated carbocycles. The summed E-state index contributed by atoms with van der Waals surface area (Å²) in [5.41, 5.74) is 0.578. The van der Waals surface area contributed by atoms with Crippen molar-refractivity contribution in [3.8, 4) is 0 Å². The molecule has 0 aliphatic carbocycles. The van der Waals surface area contributed by atoms with Crippen molar-refractivity contribution < 1.29 is 4.79 Å². The number of carbonyl (C=O) groups excluding carboxylic acids is 1. The first-order valence-corrected chi connectivity index (χ1v) is 6.39. The van der Waals surface area contributed by atoms with Crippen molar-refractivity contribution in [2.24, 2.45) is 5.92 Å². The predicted octanol–water partition coefficient (Wildman–Crippen LogP) is 2.93. The molecule has 1 fully saturated rings. The Balaban J connectivity index is 2.04. The molecule has 1 aliphatic heterocycles. The topological polar surface area (TPSA) is 41.1 Å². The van der Waals surface area contributed by atoms with E-state index in [1.807, 2.05) is 0 Å². The Kier molecular flexibility index (Phi) is 4.26. The summed E-state index contributed by atoms with van der Waals surface area (Å²) < 4.78 is 0. The molecular weight excluding hydrogens is 259 g/mol. The number of rotatable bonds is 2. The molecule has 5 heteroatoms. The lowest BCUT2D eigenvalue weighted by Gasteiger charge is -2.22. The Morgan fingerprint density at radius 2 is 2.24 bits per heavy atom. The van der Waals surface area contributed by atoms with Crippen LogP contribution in [0.25, 0.3) is 0 Å². The van der Waals surface area contributed by atoms with E-state index in [2.05, 4.69) is 10.6 Å². The summed E-state index contributed by atoms with van der Waals surface area (Å²) in [6.07, 6.45) is 1.94. The van der Waals surface area contributed by atoms with Crippen molar-refractivity contribution in [3.63, 3.8) is 0 Å². The van der Waals surface area contributed by atoms with Gasteiger partial charge in [-0.3, -0.25) is 4.79 Å². The molecule has 1 saturated heterocycles. The molecule has 0 spiro atoms. The average molecular weight is 273 g/mol. The second-order valence-corrected chi connectivity index (χ2v) is 5.00. The maximum Gasteiger partial charge on any atom is 0.228 e. The SMILES string of the molecule is O=C(Nc1cc(Cl)ccc1Cl)[C@@H]1CCCNC1. The van der Waals surface area contributed by atoms with Gasteiger partial charge in [0, 0.05) is 11.6 Å². The number of benzene rings is 1. The van der Waals surface area contributed by atoms with Gasteiger partial charge in [0.1, 0.15) is 0 Å². The van der Waals surface area contributed by atoms with Crippen molar-refractivity contribution in [2.45, 2.75) is 12.8 Å². The first-order valence-electron chi connectivity index (χ1n) is 5.63. The standard InChI is InChI=1S/C12H14Cl2N2O/c13-9-3-4-10(14)11(6-9)16-12(17)8-2-1-5-15-7-8/h3-4,6,8,15H,1-2,5,7H2,(H,16,17)/t8-/m1/s1. The van der Waals surface area contributed by atoms with E-state index in [-0.39, 0.29) is 11.8 Å². The van der Waals surface area contributed by atoms with Crippen LogP contribution in [0.2, 0.25) is 10.0 Å². The second-order valence-electron chi connectivity index (χ2n) is 4.16. The molecule has 92 valence electrons. The van der Waals surface area contributed by atoms with Crippen molar-refractivity contribution in [3.05, 3.63) is 28.2 Å². The molecule has 1 amide bonds. The lowest BCUT2D eigenvalue weighted by molar-refractivity contribution is -0.120. The van der Waals surface area contributed by atoms with Crippen LogP contribution in [0.4, 0.5) is 5.69 Å². The summed E-state index contributed by atoms with van der Waals surface area (Å²) in [7, 11) is 0. The fourth-order valence-corrected chi connectivity index (χ4v) is 2.24. The molecule has 17 heavy (non-hydrogen) atoms. The number of amides is 1. The second kappa shape index (κ2) is 5.71. The normalized spacial score (nSPS) is 20.0. The van der Waals surface area contributed by atoms with Crippen molar-refractivity contribution in [2.75, 3.05) is 18.4 Å². The van der Waals surface area contributed by atoms with Gasteiger partial charge in [-0.2, -0.15) is 0 Å². The zero-order valence-corrected chi connectivity index (χ0v) is 10.8. The van der Waals surface area contributed by atoms with E-state index in [1.165, 1.54) is 0 Å². The minimum atomic E-state index is 0.00127. The maximum atomic E-state index is 12.0. The Labute approximate surface area is 110 Å². The molecule has 0 radical (unpaired) electrons. The van der Waals surface area contributed by atoms with Crippen LogP contribution in [0.3, 0.4) is 0 Å². The van der Waals surface area contributed by atoms with Crippen LogP contribution in [0.5, 0.6) is 0 Å². The molecule has 1 heterocycles. The molecule has 1 aliphatic rings. The van der Waals surface area contributed by atoms with E-state index in [9.17, 15) is 4.79 Å². The highest BCUT2D eigenvalue weighted by atomic mass is 35.5. The number of anilines is 1. The van der Waals surface area contributed by atoms with Gasteiger partial charge >= 0.3 is 0 Å². The predicted molar refractivity (Wildman–Crippen MR) is 70.7 cm³/mol. The third-order valence-corrected chi connectivity index (χ3v) is 3.42. The molecular formula is C12H14Cl2N2O.